The van der Waals surface area contributed by atoms with Crippen molar-refractivity contribution in [2.45, 2.75) is 6.92 Å². The number of hydrogen-bond acceptors (Lipinski definition) is 3. The fourth-order valence-electron chi connectivity index (χ4n) is 2.52. The van der Waals surface area contributed by atoms with Gasteiger partial charge in [-0.15, -0.1) is 0 Å². The molecule has 24 heavy (non-hydrogen) atoms. The summed E-state index contributed by atoms with van der Waals surface area (Å²) in [6.45, 7) is 2.14. The molecule has 2 amide bonds. The third-order valence-corrected chi connectivity index (χ3v) is 3.63. The molecule has 122 valence electrons. The van der Waals surface area contributed by atoms with E-state index >= 15 is 0 Å². The number of rotatable bonds is 5. The van der Waals surface area contributed by atoms with Gasteiger partial charge in [-0.05, 0) is 43.3 Å². The van der Waals surface area contributed by atoms with Gasteiger partial charge in [0.2, 0.25) is 0 Å². The normalized spacial score (nSPS) is 10.5. The summed E-state index contributed by atoms with van der Waals surface area (Å²) >= 11 is 0. The minimum absolute atomic E-state index is 0.232. The van der Waals surface area contributed by atoms with E-state index in [1.54, 1.807) is 37.3 Å². The minimum Gasteiger partial charge on any atom is -0.491 e. The molecule has 0 spiro atoms. The smallest absolute Gasteiger partial charge is 0.255 e. The third kappa shape index (κ3) is 2.94. The number of fused-ring (bicyclic) bond motifs is 1. The van der Waals surface area contributed by atoms with Gasteiger partial charge in [-0.3, -0.25) is 9.59 Å². The fraction of sp³-hybridized carbons (Fsp3) is 0.111. The topological polar surface area (TPSA) is 97.2 Å². The number of aromatic nitrogens is 1. The largest absolute Gasteiger partial charge is 0.491 e. The maximum absolute atomic E-state index is 12.5. The molecular formula is C18H17N3O3. The molecular weight excluding hydrogens is 306 g/mol. The van der Waals surface area contributed by atoms with Gasteiger partial charge < -0.3 is 20.8 Å². The molecule has 4 N–H and O–H groups in total. The second-order valence-corrected chi connectivity index (χ2v) is 5.21. The number of amides is 2. The Bertz CT molecular complexity index is 915. The molecule has 0 atom stereocenters. The number of benzene rings is 2. The summed E-state index contributed by atoms with van der Waals surface area (Å²) in [7, 11) is 0. The molecule has 0 saturated carbocycles. The standard InChI is InChI=1S/C18H17N3O3/c1-2-24-16-13(17(19)22)4-3-5-15(16)21-18(23)12-6-7-14-11(10-12)8-9-20-14/h3-10,20H,2H2,1H3,(H2,19,22)(H,21,23). The van der Waals surface area contributed by atoms with Crippen molar-refractivity contribution >= 4 is 28.4 Å². The van der Waals surface area contributed by atoms with Crippen LogP contribution >= 0.6 is 0 Å². The van der Waals surface area contributed by atoms with Gasteiger partial charge in [0.1, 0.15) is 0 Å². The molecule has 0 radical (unpaired) electrons. The lowest BCUT2D eigenvalue weighted by molar-refractivity contribution is 0.0992. The summed E-state index contributed by atoms with van der Waals surface area (Å²) in [4.78, 5) is 27.1. The lowest BCUT2D eigenvalue weighted by atomic mass is 10.1. The van der Waals surface area contributed by atoms with Crippen LogP contribution in [0.15, 0.2) is 48.7 Å². The SMILES string of the molecule is CCOc1c(NC(=O)c2ccc3[nH]ccc3c2)cccc1C(N)=O. The van der Waals surface area contributed by atoms with Crippen molar-refractivity contribution in [2.75, 3.05) is 11.9 Å². The molecule has 1 aromatic heterocycles. The van der Waals surface area contributed by atoms with Crippen molar-refractivity contribution in [1.82, 2.24) is 4.98 Å². The first-order chi connectivity index (χ1) is 11.6. The Hall–Kier alpha value is -3.28. The van der Waals surface area contributed by atoms with E-state index in [1.165, 1.54) is 0 Å². The molecule has 2 aromatic carbocycles. The molecule has 0 saturated heterocycles. The number of anilines is 1. The summed E-state index contributed by atoms with van der Waals surface area (Å²) in [6, 6.07) is 12.1. The molecule has 0 aliphatic heterocycles. The summed E-state index contributed by atoms with van der Waals surface area (Å²) in [5, 5.41) is 3.72. The number of aromatic amines is 1. The van der Waals surface area contributed by atoms with Crippen molar-refractivity contribution in [1.29, 1.82) is 0 Å². The van der Waals surface area contributed by atoms with Crippen molar-refractivity contribution in [3.8, 4) is 5.75 Å². The van der Waals surface area contributed by atoms with Gasteiger partial charge in [0, 0.05) is 22.7 Å². The van der Waals surface area contributed by atoms with Crippen LogP contribution in [0.25, 0.3) is 10.9 Å². The number of para-hydroxylation sites is 1. The van der Waals surface area contributed by atoms with Crippen LogP contribution in [-0.2, 0) is 0 Å². The highest BCUT2D eigenvalue weighted by Crippen LogP contribution is 2.29. The first-order valence-corrected chi connectivity index (χ1v) is 7.54. The van der Waals surface area contributed by atoms with Crippen LogP contribution in [-0.4, -0.2) is 23.4 Å². The lowest BCUT2D eigenvalue weighted by Gasteiger charge is -2.14. The highest BCUT2D eigenvalue weighted by Gasteiger charge is 2.16. The predicted molar refractivity (Wildman–Crippen MR) is 92.4 cm³/mol. The molecule has 0 aliphatic rings. The quantitative estimate of drug-likeness (QED) is 0.673. The Morgan fingerprint density at radius 3 is 2.79 bits per heavy atom. The Kier molecular flexibility index (Phi) is 4.20. The lowest BCUT2D eigenvalue weighted by Crippen LogP contribution is -2.17. The third-order valence-electron chi connectivity index (χ3n) is 3.63. The van der Waals surface area contributed by atoms with Gasteiger partial charge in [-0.1, -0.05) is 6.07 Å². The van der Waals surface area contributed by atoms with Crippen LogP contribution in [0.2, 0.25) is 0 Å². The second-order valence-electron chi connectivity index (χ2n) is 5.21. The molecule has 6 nitrogen and oxygen atoms in total. The Balaban J connectivity index is 1.93. The monoisotopic (exact) mass is 323 g/mol. The summed E-state index contributed by atoms with van der Waals surface area (Å²) in [6.07, 6.45) is 1.82. The van der Waals surface area contributed by atoms with E-state index in [2.05, 4.69) is 10.3 Å². The second kappa shape index (κ2) is 6.45. The van der Waals surface area contributed by atoms with E-state index in [-0.39, 0.29) is 17.2 Å². The molecule has 0 aliphatic carbocycles. The fourth-order valence-corrected chi connectivity index (χ4v) is 2.52. The van der Waals surface area contributed by atoms with Crippen molar-refractivity contribution in [2.24, 2.45) is 5.73 Å². The van der Waals surface area contributed by atoms with Crippen molar-refractivity contribution in [3.05, 3.63) is 59.8 Å². The highest BCUT2D eigenvalue weighted by atomic mass is 16.5. The van der Waals surface area contributed by atoms with E-state index in [0.29, 0.717) is 17.9 Å². The van der Waals surface area contributed by atoms with Crippen LogP contribution < -0.4 is 15.8 Å². The number of nitrogens with two attached hydrogens (primary N) is 1. The van der Waals surface area contributed by atoms with Crippen LogP contribution in [0, 0.1) is 0 Å². The first kappa shape index (κ1) is 15.6. The van der Waals surface area contributed by atoms with Crippen LogP contribution in [0.5, 0.6) is 5.75 Å². The molecule has 3 rings (SSSR count). The number of nitrogens with one attached hydrogen (secondary N) is 2. The zero-order chi connectivity index (χ0) is 17.1. The minimum atomic E-state index is -0.608. The van der Waals surface area contributed by atoms with Gasteiger partial charge in [0.15, 0.2) is 5.75 Å². The Morgan fingerprint density at radius 2 is 2.04 bits per heavy atom. The van der Waals surface area contributed by atoms with Crippen molar-refractivity contribution < 1.29 is 14.3 Å². The zero-order valence-electron chi connectivity index (χ0n) is 13.1. The van der Waals surface area contributed by atoms with E-state index in [4.69, 9.17) is 10.5 Å². The van der Waals surface area contributed by atoms with Gasteiger partial charge in [-0.2, -0.15) is 0 Å². The van der Waals surface area contributed by atoms with Gasteiger partial charge in [0.05, 0.1) is 17.9 Å². The Labute approximate surface area is 138 Å². The highest BCUT2D eigenvalue weighted by molar-refractivity contribution is 6.08. The zero-order valence-corrected chi connectivity index (χ0v) is 13.1. The maximum Gasteiger partial charge on any atom is 0.255 e. The van der Waals surface area contributed by atoms with Crippen LogP contribution in [0.3, 0.4) is 0 Å². The number of primary amides is 1. The van der Waals surface area contributed by atoms with E-state index in [1.807, 2.05) is 18.3 Å². The summed E-state index contributed by atoms with van der Waals surface area (Å²) in [5.74, 6) is -0.618. The summed E-state index contributed by atoms with van der Waals surface area (Å²) < 4.78 is 5.50. The van der Waals surface area contributed by atoms with E-state index in [9.17, 15) is 9.59 Å². The maximum atomic E-state index is 12.5. The van der Waals surface area contributed by atoms with Crippen molar-refractivity contribution in [3.63, 3.8) is 0 Å². The average molecular weight is 323 g/mol. The molecule has 1 heterocycles. The number of hydrogen-bond donors (Lipinski definition) is 3. The van der Waals surface area contributed by atoms with E-state index in [0.717, 1.165) is 10.9 Å². The predicted octanol–water partition coefficient (Wildman–Crippen LogP) is 2.92. The van der Waals surface area contributed by atoms with Crippen LogP contribution in [0.1, 0.15) is 27.6 Å². The van der Waals surface area contributed by atoms with E-state index < -0.39 is 5.91 Å². The summed E-state index contributed by atoms with van der Waals surface area (Å²) in [5.41, 5.74) is 7.48. The number of carbonyl (C=O) groups excluding carboxylic acids is 2. The van der Waals surface area contributed by atoms with Gasteiger partial charge >= 0.3 is 0 Å². The number of carbonyl (C=O) groups is 2. The molecule has 0 bridgehead atoms. The van der Waals surface area contributed by atoms with Gasteiger partial charge in [-0.25, -0.2) is 0 Å². The molecule has 0 unspecified atom stereocenters. The Morgan fingerprint density at radius 1 is 1.21 bits per heavy atom. The average Bonchev–Trinajstić information content (AvgIpc) is 3.03. The molecule has 0 fully saturated rings. The number of H-pyrrole nitrogens is 1. The van der Waals surface area contributed by atoms with Crippen LogP contribution in [0.4, 0.5) is 5.69 Å². The molecule has 6 heteroatoms. The first-order valence-electron chi connectivity index (χ1n) is 7.54. The molecule has 3 aromatic rings. The number of ether oxygens (including phenoxy) is 1. The van der Waals surface area contributed by atoms with Gasteiger partial charge in [0.25, 0.3) is 11.8 Å².